The summed E-state index contributed by atoms with van der Waals surface area (Å²) < 4.78 is 25.3. The number of carbonyl (C=O) groups excluding carboxylic acids is 8. The Labute approximate surface area is 452 Å². The zero-order valence-electron chi connectivity index (χ0n) is 47.1. The van der Waals surface area contributed by atoms with Gasteiger partial charge in [-0.3, -0.25) is 34.0 Å². The molecule has 1 aromatic heterocycles. The molecule has 1 aliphatic rings. The van der Waals surface area contributed by atoms with Gasteiger partial charge in [-0.05, 0) is 79.9 Å². The number of nitro groups is 1. The number of hydrogen-bond donors (Lipinski definition) is 0. The Morgan fingerprint density at radius 1 is 0.494 bits per heavy atom. The van der Waals surface area contributed by atoms with E-state index in [2.05, 4.69) is 5.10 Å². The molecule has 2 heterocycles. The smallest absolute Gasteiger partial charge is 0.329 e. The molecule has 4 amide bonds. The Morgan fingerprint density at radius 3 is 1.16 bits per heavy atom. The van der Waals surface area contributed by atoms with Gasteiger partial charge in [-0.15, -0.1) is 0 Å². The van der Waals surface area contributed by atoms with Crippen molar-refractivity contribution < 1.29 is 62.2 Å². The molecule has 21 nitrogen and oxygen atoms in total. The predicted molar refractivity (Wildman–Crippen MR) is 283 cm³/mol. The minimum Gasteiger partial charge on any atom is -0.451 e. The molecule has 1 aliphatic heterocycles. The Hall–Kier alpha value is -7.19. The first-order chi connectivity index (χ1) is 36.1. The minimum absolute atomic E-state index is 0.0498. The van der Waals surface area contributed by atoms with Gasteiger partial charge < -0.3 is 38.5 Å². The summed E-state index contributed by atoms with van der Waals surface area (Å²) in [6.07, 6.45) is -3.74. The Kier molecular flexibility index (Phi) is 22.9. The van der Waals surface area contributed by atoms with Crippen molar-refractivity contribution in [3.8, 4) is 0 Å². The van der Waals surface area contributed by atoms with Crippen molar-refractivity contribution in [1.29, 1.82) is 0 Å². The second kappa shape index (κ2) is 28.3. The summed E-state index contributed by atoms with van der Waals surface area (Å²) in [7, 11) is 5.45. The van der Waals surface area contributed by atoms with E-state index < -0.39 is 101 Å². The van der Waals surface area contributed by atoms with Crippen LogP contribution in [0.1, 0.15) is 112 Å². The van der Waals surface area contributed by atoms with Crippen LogP contribution in [0.15, 0.2) is 67.0 Å². The lowest BCUT2D eigenvalue weighted by atomic mass is 9.99. The maximum Gasteiger partial charge on any atom is 0.329 e. The number of esters is 4. The molecular formula is C56H79N7O14. The summed E-state index contributed by atoms with van der Waals surface area (Å²) in [4.78, 5) is 131. The number of carbonyl (C=O) groups is 8. The van der Waals surface area contributed by atoms with Gasteiger partial charge in [-0.1, -0.05) is 110 Å². The monoisotopic (exact) mass is 1070 g/mol. The van der Waals surface area contributed by atoms with Crippen molar-refractivity contribution in [3.63, 3.8) is 0 Å². The molecule has 0 bridgehead atoms. The SMILES string of the molecule is CC(C)C[C@H]1C(=O)O[C@H](Cc2ccc(Cn3cc([N+](=O)[O-])cn3)cc2)C(=O)N(C)[C@@H](CC(C)C)C(=O)O[C@H](C)C(=O)N(C)[C@@H](CC(C)C)C(=O)O[C@H](Cc2ccccc2)C(=O)N(C)[C@@H](CC(C)C)C(=O)O[C@H](C)C(=O)N1C. The molecule has 1 fully saturated rings. The first kappa shape index (κ1) is 62.4. The second-order valence-corrected chi connectivity index (χ2v) is 21.8. The fraction of sp³-hybridized carbons (Fsp3) is 0.589. The quantitative estimate of drug-likeness (QED) is 0.0753. The summed E-state index contributed by atoms with van der Waals surface area (Å²) >= 11 is 0. The van der Waals surface area contributed by atoms with E-state index in [1.807, 2.05) is 55.4 Å². The van der Waals surface area contributed by atoms with Crippen LogP contribution in [0.4, 0.5) is 5.69 Å². The van der Waals surface area contributed by atoms with Crippen LogP contribution in [-0.2, 0) is 76.7 Å². The number of rotatable bonds is 15. The molecule has 3 aromatic rings. The average molecular weight is 1070 g/mol. The number of hydrogen-bond acceptors (Lipinski definition) is 15. The molecule has 8 atom stereocenters. The van der Waals surface area contributed by atoms with Gasteiger partial charge in [0, 0.05) is 41.0 Å². The highest BCUT2D eigenvalue weighted by atomic mass is 16.6. The van der Waals surface area contributed by atoms with Crippen molar-refractivity contribution >= 4 is 53.2 Å². The largest absolute Gasteiger partial charge is 0.451 e. The standard InChI is InChI=1S/C56H79N7O14/c1-33(2)24-43-53(68)74-38(10)50(65)59(12)46(27-36(7)8)56(71)77-48(29-40-20-22-41(23-21-40)31-62-32-42(30-57-62)63(72)73)52(67)61(14)44(25-34(3)4)54(69)75-37(9)49(64)58(11)45(26-35(5)6)55(70)76-47(51(66)60(43)13)28-39-18-16-15-17-19-39/h15-23,30,32-38,43-48H,24-29,31H2,1-14H3/t37-,38-,43+,44+,45+,46+,47-,48-/m1/s1. The lowest BCUT2D eigenvalue weighted by Crippen LogP contribution is -2.55. The van der Waals surface area contributed by atoms with Crippen LogP contribution < -0.4 is 0 Å². The van der Waals surface area contributed by atoms with Crippen LogP contribution in [0.3, 0.4) is 0 Å². The average Bonchev–Trinajstić information content (AvgIpc) is 3.85. The Morgan fingerprint density at radius 2 is 0.818 bits per heavy atom. The lowest BCUT2D eigenvalue weighted by Gasteiger charge is -2.35. The Balaban J connectivity index is 1.85. The highest BCUT2D eigenvalue weighted by Gasteiger charge is 2.43. The topological polar surface area (TPSA) is 247 Å². The van der Waals surface area contributed by atoms with Crippen LogP contribution in [0, 0.1) is 33.8 Å². The molecule has 0 unspecified atom stereocenters. The zero-order chi connectivity index (χ0) is 57.6. The van der Waals surface area contributed by atoms with E-state index in [-0.39, 0.29) is 74.4 Å². The van der Waals surface area contributed by atoms with Gasteiger partial charge >= 0.3 is 29.6 Å². The van der Waals surface area contributed by atoms with E-state index in [1.165, 1.54) is 52.9 Å². The molecule has 4 rings (SSSR count). The zero-order valence-corrected chi connectivity index (χ0v) is 47.1. The fourth-order valence-electron chi connectivity index (χ4n) is 9.02. The molecule has 0 radical (unpaired) electrons. The van der Waals surface area contributed by atoms with Crippen molar-refractivity contribution in [1.82, 2.24) is 29.4 Å². The van der Waals surface area contributed by atoms with E-state index in [0.29, 0.717) is 16.7 Å². The Bertz CT molecular complexity index is 2510. The summed E-state index contributed by atoms with van der Waals surface area (Å²) in [5, 5.41) is 15.3. The van der Waals surface area contributed by atoms with Gasteiger partial charge in [-0.25, -0.2) is 19.2 Å². The van der Waals surface area contributed by atoms with Gasteiger partial charge in [0.05, 0.1) is 11.5 Å². The summed E-state index contributed by atoms with van der Waals surface area (Å²) in [5.74, 6) is -7.68. The molecule has 21 heteroatoms. The van der Waals surface area contributed by atoms with Crippen LogP contribution >= 0.6 is 0 Å². The highest BCUT2D eigenvalue weighted by Crippen LogP contribution is 2.25. The molecule has 77 heavy (non-hydrogen) atoms. The number of aromatic nitrogens is 2. The second-order valence-electron chi connectivity index (χ2n) is 21.8. The first-order valence-electron chi connectivity index (χ1n) is 26.3. The van der Waals surface area contributed by atoms with Crippen molar-refractivity contribution in [2.45, 2.75) is 163 Å². The van der Waals surface area contributed by atoms with Crippen LogP contribution in [-0.4, -0.2) is 159 Å². The number of amides is 4. The maximum absolute atomic E-state index is 14.9. The third kappa shape index (κ3) is 17.7. The molecule has 0 N–H and O–H groups in total. The van der Waals surface area contributed by atoms with Crippen LogP contribution in [0.5, 0.6) is 0 Å². The fourth-order valence-corrected chi connectivity index (χ4v) is 9.02. The molecule has 0 saturated carbocycles. The van der Waals surface area contributed by atoms with Gasteiger partial charge in [0.15, 0.2) is 24.4 Å². The number of benzene rings is 2. The van der Waals surface area contributed by atoms with Crippen LogP contribution in [0.25, 0.3) is 0 Å². The molecule has 422 valence electrons. The molecular weight excluding hydrogens is 995 g/mol. The molecule has 2 aromatic carbocycles. The molecule has 0 aliphatic carbocycles. The maximum atomic E-state index is 14.9. The molecule has 1 saturated heterocycles. The number of cyclic esters (lactones) is 4. The van der Waals surface area contributed by atoms with E-state index in [0.717, 1.165) is 25.8 Å². The van der Waals surface area contributed by atoms with Crippen LogP contribution in [0.2, 0.25) is 0 Å². The highest BCUT2D eigenvalue weighted by molar-refractivity contribution is 5.94. The normalized spacial score (nSPS) is 23.6. The lowest BCUT2D eigenvalue weighted by molar-refractivity contribution is -0.385. The van der Waals surface area contributed by atoms with Gasteiger partial charge in [-0.2, -0.15) is 5.10 Å². The summed E-state index contributed by atoms with van der Waals surface area (Å²) in [6.45, 7) is 17.5. The van der Waals surface area contributed by atoms with E-state index >= 15 is 0 Å². The summed E-state index contributed by atoms with van der Waals surface area (Å²) in [6, 6.07) is 10.4. The van der Waals surface area contributed by atoms with Crippen molar-refractivity contribution in [2.75, 3.05) is 28.2 Å². The third-order valence-electron chi connectivity index (χ3n) is 13.4. The minimum atomic E-state index is -1.60. The number of likely N-dealkylation sites (N-methyl/N-ethyl adjacent to an activating group) is 4. The third-order valence-corrected chi connectivity index (χ3v) is 13.4. The van der Waals surface area contributed by atoms with Gasteiger partial charge in [0.2, 0.25) is 0 Å². The van der Waals surface area contributed by atoms with E-state index in [1.54, 1.807) is 54.6 Å². The molecule has 0 spiro atoms. The van der Waals surface area contributed by atoms with Crippen molar-refractivity contribution in [2.24, 2.45) is 23.7 Å². The van der Waals surface area contributed by atoms with Gasteiger partial charge in [0.1, 0.15) is 36.6 Å². The number of nitrogens with zero attached hydrogens (tertiary/aromatic N) is 7. The summed E-state index contributed by atoms with van der Waals surface area (Å²) in [5.41, 5.74) is 1.67. The predicted octanol–water partition coefficient (Wildman–Crippen LogP) is 5.82. The number of ether oxygens (including phenoxy) is 4. The van der Waals surface area contributed by atoms with Gasteiger partial charge in [0.25, 0.3) is 23.6 Å². The first-order valence-corrected chi connectivity index (χ1v) is 26.3. The van der Waals surface area contributed by atoms with E-state index in [9.17, 15) is 48.5 Å². The van der Waals surface area contributed by atoms with Crippen molar-refractivity contribution in [3.05, 3.63) is 93.8 Å². The van der Waals surface area contributed by atoms with E-state index in [4.69, 9.17) is 18.9 Å².